The zero-order valence-electron chi connectivity index (χ0n) is 26.4. The Labute approximate surface area is 260 Å². The third-order valence-electron chi connectivity index (χ3n) is 8.09. The highest BCUT2D eigenvalue weighted by atomic mass is 31.2. The predicted molar refractivity (Wildman–Crippen MR) is 159 cm³/mol. The number of nitrogen functional groups attached to an aromatic ring is 1. The summed E-state index contributed by atoms with van der Waals surface area (Å²) in [5.74, 6) is -1.04. The number of anilines is 1. The summed E-state index contributed by atoms with van der Waals surface area (Å²) in [5.41, 5.74) is 9.52. The van der Waals surface area contributed by atoms with Crippen molar-refractivity contribution < 1.29 is 47.8 Å². The summed E-state index contributed by atoms with van der Waals surface area (Å²) >= 11 is 0. The second-order valence-electron chi connectivity index (χ2n) is 11.5. The number of fused-ring (bicyclic) bond motifs is 2. The normalized spacial score (nSPS) is 28.4. The van der Waals surface area contributed by atoms with Gasteiger partial charge < -0.3 is 49.3 Å². The summed E-state index contributed by atoms with van der Waals surface area (Å²) in [6.07, 6.45) is -1.97. The number of alkyl carbamates (subject to hydrolysis) is 1. The average molecular weight is 659 g/mol. The fourth-order valence-electron chi connectivity index (χ4n) is 6.02. The zero-order chi connectivity index (χ0) is 33.5. The summed E-state index contributed by atoms with van der Waals surface area (Å²) < 4.78 is 43.9. The number of rotatable bonds is 14. The van der Waals surface area contributed by atoms with Gasteiger partial charge in [0, 0.05) is 12.6 Å². The molecule has 0 aromatic carbocycles. The topological polar surface area (TPSA) is 249 Å². The molecule has 4 rings (SSSR count). The molecule has 2 aliphatic rings. The van der Waals surface area contributed by atoms with Gasteiger partial charge in [-0.2, -0.15) is 9.97 Å². The molecule has 2 fully saturated rings. The molecule has 252 valence electrons. The first kappa shape index (κ1) is 34.7. The van der Waals surface area contributed by atoms with Crippen molar-refractivity contribution in [3.63, 3.8) is 0 Å². The van der Waals surface area contributed by atoms with E-state index in [2.05, 4.69) is 20.3 Å². The Balaban J connectivity index is 1.53. The number of hydrogen-bond donors (Lipinski definition) is 5. The third kappa shape index (κ3) is 6.19. The van der Waals surface area contributed by atoms with E-state index in [1.165, 1.54) is 18.0 Å². The predicted octanol–water partition coefficient (Wildman–Crippen LogP) is 0.329. The molecular weight excluding hydrogens is 615 g/mol. The zero-order valence-corrected chi connectivity index (χ0v) is 27.3. The average Bonchev–Trinajstić information content (AvgIpc) is 3.17. The molecule has 0 bridgehead atoms. The van der Waals surface area contributed by atoms with Crippen LogP contribution in [0.1, 0.15) is 47.6 Å². The van der Waals surface area contributed by atoms with Gasteiger partial charge in [-0.3, -0.25) is 9.36 Å². The van der Waals surface area contributed by atoms with Gasteiger partial charge in [0.1, 0.15) is 35.5 Å². The number of aliphatic hydroxyl groups is 2. The molecule has 1 saturated carbocycles. The van der Waals surface area contributed by atoms with Crippen LogP contribution in [0.25, 0.3) is 11.2 Å². The van der Waals surface area contributed by atoms with Crippen molar-refractivity contribution in [2.24, 2.45) is 11.4 Å². The van der Waals surface area contributed by atoms with Crippen molar-refractivity contribution in [1.29, 1.82) is 0 Å². The maximum Gasteiger partial charge on any atom is 0.407 e. The van der Waals surface area contributed by atoms with Crippen molar-refractivity contribution >= 4 is 36.8 Å². The van der Waals surface area contributed by atoms with Gasteiger partial charge in [-0.25, -0.2) is 20.0 Å². The van der Waals surface area contributed by atoms with Crippen LogP contribution >= 0.6 is 7.67 Å². The number of aliphatic hydroxyl groups excluding tert-OH is 1. The maximum atomic E-state index is 14.0. The lowest BCUT2D eigenvalue weighted by molar-refractivity contribution is -0.149. The van der Waals surface area contributed by atoms with Crippen LogP contribution in [0, 0.1) is 5.92 Å². The number of hydrogen-bond acceptors (Lipinski definition) is 14. The van der Waals surface area contributed by atoms with E-state index in [1.54, 1.807) is 41.5 Å². The number of imidazole rings is 1. The molecule has 1 aliphatic carbocycles. The van der Waals surface area contributed by atoms with E-state index >= 15 is 0 Å². The monoisotopic (exact) mass is 658 g/mol. The SMILES string of the molecule is CCOC(=O)NC(C)CN([C@@H](C(=O)OCC)C(C)C)P(N)(=O)OC[C@H]1OC2(C)[C@@H](n3cnc4c(OC)nc(N)nc43)C2(O)C1O. The summed E-state index contributed by atoms with van der Waals surface area (Å²) in [6.45, 7) is 9.48. The first-order chi connectivity index (χ1) is 21.1. The Morgan fingerprint density at radius 2 is 1.91 bits per heavy atom. The summed E-state index contributed by atoms with van der Waals surface area (Å²) in [6, 6.07) is -2.62. The number of aromatic nitrogens is 4. The minimum absolute atomic E-state index is 0.0697. The number of carbonyl (C=O) groups excluding carboxylic acids is 2. The van der Waals surface area contributed by atoms with Crippen LogP contribution in [0.5, 0.6) is 5.88 Å². The van der Waals surface area contributed by atoms with Gasteiger partial charge in [0.25, 0.3) is 0 Å². The summed E-state index contributed by atoms with van der Waals surface area (Å²) in [5, 5.41) is 25.5. The Kier molecular flexibility index (Phi) is 9.99. The minimum Gasteiger partial charge on any atom is -0.479 e. The van der Waals surface area contributed by atoms with E-state index in [4.69, 9.17) is 34.7 Å². The van der Waals surface area contributed by atoms with Crippen LogP contribution < -0.4 is 21.3 Å². The number of amides is 1. The van der Waals surface area contributed by atoms with Gasteiger partial charge in [-0.15, -0.1) is 0 Å². The Hall–Kier alpha value is -3.12. The highest BCUT2D eigenvalue weighted by molar-refractivity contribution is 7.54. The van der Waals surface area contributed by atoms with Crippen molar-refractivity contribution in [1.82, 2.24) is 29.5 Å². The molecule has 2 aromatic rings. The molecule has 1 saturated heterocycles. The Bertz CT molecular complexity index is 1460. The first-order valence-electron chi connectivity index (χ1n) is 14.6. The molecule has 5 unspecified atom stereocenters. The van der Waals surface area contributed by atoms with Crippen LogP contribution in [0.15, 0.2) is 6.33 Å². The second-order valence-corrected chi connectivity index (χ2v) is 13.4. The lowest BCUT2D eigenvalue weighted by atomic mass is 10.0. The number of carbonyl (C=O) groups is 2. The van der Waals surface area contributed by atoms with Crippen molar-refractivity contribution in [3.8, 4) is 5.88 Å². The third-order valence-corrected chi connectivity index (χ3v) is 9.74. The van der Waals surface area contributed by atoms with Crippen LogP contribution in [-0.4, -0.2) is 115 Å². The van der Waals surface area contributed by atoms with Gasteiger partial charge in [0.05, 0.1) is 33.3 Å². The van der Waals surface area contributed by atoms with E-state index in [9.17, 15) is 24.4 Å². The molecule has 0 radical (unpaired) electrons. The maximum absolute atomic E-state index is 14.0. The lowest BCUT2D eigenvalue weighted by Crippen LogP contribution is -2.51. The van der Waals surface area contributed by atoms with Crippen LogP contribution in [0.4, 0.5) is 10.7 Å². The molecule has 1 amide bonds. The fraction of sp³-hybridized carbons (Fsp3) is 0.731. The van der Waals surface area contributed by atoms with Gasteiger partial charge >= 0.3 is 19.7 Å². The van der Waals surface area contributed by atoms with Crippen LogP contribution in [0.3, 0.4) is 0 Å². The summed E-state index contributed by atoms with van der Waals surface area (Å²) in [7, 11) is -2.93. The van der Waals surface area contributed by atoms with Crippen molar-refractivity contribution in [2.75, 3.05) is 39.2 Å². The fourth-order valence-corrected chi connectivity index (χ4v) is 7.71. The van der Waals surface area contributed by atoms with Crippen molar-refractivity contribution in [3.05, 3.63) is 6.33 Å². The van der Waals surface area contributed by atoms with E-state index in [0.717, 1.165) is 4.67 Å². The minimum atomic E-state index is -4.33. The molecule has 7 N–H and O–H groups in total. The molecule has 19 heteroatoms. The standard InChI is InChI=1S/C26H43N8O10P/c1-8-41-21(36)17(13(3)4)34(10-14(5)30-24(37)42-9-2)45(28,39)43-11-15-18(35)26(38)22(25(26,6)44-15)33-12-29-16-19(33)31-23(27)32-20(16)40-7/h12-15,17-18,22,35,38H,8-11H2,1-7H3,(H2,28,39)(H,30,37)(H2,27,31,32)/t14?,15-,17-,18?,22-,25?,26?,45?/m1/s1. The van der Waals surface area contributed by atoms with Gasteiger partial charge in [0.2, 0.25) is 11.8 Å². The van der Waals surface area contributed by atoms with E-state index < -0.39 is 73.8 Å². The van der Waals surface area contributed by atoms with E-state index in [0.29, 0.717) is 5.52 Å². The quantitative estimate of drug-likeness (QED) is 0.135. The molecule has 18 nitrogen and oxygen atoms in total. The lowest BCUT2D eigenvalue weighted by Gasteiger charge is -2.37. The molecule has 2 aromatic heterocycles. The van der Waals surface area contributed by atoms with Gasteiger partial charge in [0.15, 0.2) is 11.2 Å². The Morgan fingerprint density at radius 1 is 1.24 bits per heavy atom. The van der Waals surface area contributed by atoms with Crippen LogP contribution in [-0.2, 0) is 28.1 Å². The number of ether oxygens (including phenoxy) is 4. The van der Waals surface area contributed by atoms with E-state index in [1.807, 2.05) is 0 Å². The Morgan fingerprint density at radius 3 is 2.47 bits per heavy atom. The highest BCUT2D eigenvalue weighted by Gasteiger charge is 2.85. The first-order valence-corrected chi connectivity index (χ1v) is 16.2. The molecule has 45 heavy (non-hydrogen) atoms. The molecule has 1 aliphatic heterocycles. The van der Waals surface area contributed by atoms with Crippen molar-refractivity contribution in [2.45, 2.75) is 83.1 Å². The number of esters is 1. The van der Waals surface area contributed by atoms with E-state index in [-0.39, 0.29) is 37.2 Å². The largest absolute Gasteiger partial charge is 0.479 e. The van der Waals surface area contributed by atoms with Crippen LogP contribution in [0.2, 0.25) is 0 Å². The number of nitrogens with one attached hydrogen (secondary N) is 1. The number of nitrogens with zero attached hydrogens (tertiary/aromatic N) is 5. The van der Waals surface area contributed by atoms with Gasteiger partial charge in [-0.05, 0) is 33.6 Å². The molecule has 8 atom stereocenters. The highest BCUT2D eigenvalue weighted by Crippen LogP contribution is 2.68. The number of nitrogens with two attached hydrogens (primary N) is 2. The smallest absolute Gasteiger partial charge is 0.407 e. The molecule has 3 heterocycles. The van der Waals surface area contributed by atoms with Gasteiger partial charge in [-0.1, -0.05) is 13.8 Å². The molecular formula is C26H43N8O10P. The molecule has 0 spiro atoms. The summed E-state index contributed by atoms with van der Waals surface area (Å²) in [4.78, 5) is 37.5. The number of methoxy groups -OCH3 is 1. The second kappa shape index (κ2) is 12.9.